The molecular formula is C6H8F3N5O3S. The van der Waals surface area contributed by atoms with E-state index in [0.717, 1.165) is 0 Å². The van der Waals surface area contributed by atoms with Gasteiger partial charge < -0.3 is 5.73 Å². The van der Waals surface area contributed by atoms with E-state index < -0.39 is 34.3 Å². The molecule has 18 heavy (non-hydrogen) atoms. The molecule has 0 aromatic carbocycles. The van der Waals surface area contributed by atoms with Crippen molar-refractivity contribution in [2.24, 2.45) is 5.73 Å². The first-order valence-electron chi connectivity index (χ1n) is 4.30. The summed E-state index contributed by atoms with van der Waals surface area (Å²) in [7, 11) is -4.55. The molecule has 12 heteroatoms. The van der Waals surface area contributed by atoms with Gasteiger partial charge in [-0.3, -0.25) is 5.41 Å². The Hall–Kier alpha value is -1.69. The van der Waals surface area contributed by atoms with Crippen LogP contribution in [0.5, 0.6) is 0 Å². The van der Waals surface area contributed by atoms with Crippen molar-refractivity contribution in [1.82, 2.24) is 15.0 Å². The van der Waals surface area contributed by atoms with Crippen LogP contribution in [0.1, 0.15) is 11.4 Å². The van der Waals surface area contributed by atoms with E-state index in [1.165, 1.54) is 0 Å². The number of nitrogen functional groups attached to an aromatic ring is 1. The van der Waals surface area contributed by atoms with Crippen LogP contribution in [0.3, 0.4) is 0 Å². The molecule has 0 aliphatic heterocycles. The van der Waals surface area contributed by atoms with Crippen LogP contribution < -0.4 is 10.5 Å². The lowest BCUT2D eigenvalue weighted by molar-refractivity contribution is -0.106. The minimum absolute atomic E-state index is 0.173. The molecule has 1 aromatic heterocycles. The SMILES string of the molecule is N=C(N)c1nonc1CNS(=O)(=O)CC(F)(F)F. The van der Waals surface area contributed by atoms with Crippen LogP contribution in [-0.4, -0.2) is 36.5 Å². The van der Waals surface area contributed by atoms with Gasteiger partial charge in [-0.25, -0.2) is 17.8 Å². The number of nitrogens with two attached hydrogens (primary N) is 1. The van der Waals surface area contributed by atoms with Gasteiger partial charge in [-0.2, -0.15) is 13.2 Å². The molecule has 0 bridgehead atoms. The molecule has 4 N–H and O–H groups in total. The molecule has 0 saturated heterocycles. The lowest BCUT2D eigenvalue weighted by Gasteiger charge is -2.08. The van der Waals surface area contributed by atoms with Crippen LogP contribution in [0.15, 0.2) is 4.63 Å². The molecule has 1 aromatic rings. The second kappa shape index (κ2) is 4.89. The van der Waals surface area contributed by atoms with Crippen molar-refractivity contribution in [3.63, 3.8) is 0 Å². The lowest BCUT2D eigenvalue weighted by Crippen LogP contribution is -2.33. The average Bonchev–Trinajstić information content (AvgIpc) is 2.58. The van der Waals surface area contributed by atoms with Crippen molar-refractivity contribution in [1.29, 1.82) is 5.41 Å². The van der Waals surface area contributed by atoms with Crippen LogP contribution in [0.25, 0.3) is 0 Å². The minimum atomic E-state index is -4.85. The molecule has 0 unspecified atom stereocenters. The molecule has 0 atom stereocenters. The fourth-order valence-corrected chi connectivity index (χ4v) is 1.86. The third-order valence-electron chi connectivity index (χ3n) is 1.62. The van der Waals surface area contributed by atoms with Gasteiger partial charge in [-0.05, 0) is 5.16 Å². The second-order valence-electron chi connectivity index (χ2n) is 3.17. The van der Waals surface area contributed by atoms with Crippen LogP contribution in [0, 0.1) is 5.41 Å². The summed E-state index contributed by atoms with van der Waals surface area (Å²) >= 11 is 0. The summed E-state index contributed by atoms with van der Waals surface area (Å²) in [6, 6.07) is 0. The summed E-state index contributed by atoms with van der Waals surface area (Å²) in [5.74, 6) is -2.55. The minimum Gasteiger partial charge on any atom is -0.382 e. The average molecular weight is 287 g/mol. The van der Waals surface area contributed by atoms with E-state index in [0.29, 0.717) is 0 Å². The molecule has 0 spiro atoms. The monoisotopic (exact) mass is 287 g/mol. The third-order valence-corrected chi connectivity index (χ3v) is 2.92. The quantitative estimate of drug-likeness (QED) is 0.485. The largest absolute Gasteiger partial charge is 0.404 e. The maximum absolute atomic E-state index is 11.9. The highest BCUT2D eigenvalue weighted by Crippen LogP contribution is 2.16. The Bertz CT molecular complexity index is 537. The molecule has 1 rings (SSSR count). The first kappa shape index (κ1) is 14.4. The van der Waals surface area contributed by atoms with Crippen molar-refractivity contribution in [2.75, 3.05) is 5.75 Å². The Balaban J connectivity index is 2.71. The summed E-state index contributed by atoms with van der Waals surface area (Å²) in [5.41, 5.74) is 4.66. The van der Waals surface area contributed by atoms with E-state index in [-0.39, 0.29) is 11.4 Å². The van der Waals surface area contributed by atoms with Crippen LogP contribution in [-0.2, 0) is 16.6 Å². The van der Waals surface area contributed by atoms with Crippen LogP contribution >= 0.6 is 0 Å². The van der Waals surface area contributed by atoms with Crippen LogP contribution in [0.2, 0.25) is 0 Å². The molecular weight excluding hydrogens is 279 g/mol. The molecule has 0 radical (unpaired) electrons. The Morgan fingerprint density at radius 2 is 2.06 bits per heavy atom. The van der Waals surface area contributed by atoms with Gasteiger partial charge in [0.25, 0.3) is 0 Å². The first-order chi connectivity index (χ1) is 8.11. The fourth-order valence-electron chi connectivity index (χ4n) is 0.972. The molecule has 0 aliphatic rings. The molecule has 0 amide bonds. The summed E-state index contributed by atoms with van der Waals surface area (Å²) in [6.45, 7) is -0.600. The smallest absolute Gasteiger partial charge is 0.382 e. The van der Waals surface area contributed by atoms with Gasteiger partial charge in [0.1, 0.15) is 11.5 Å². The Kier molecular flexibility index (Phi) is 3.91. The van der Waals surface area contributed by atoms with Crippen molar-refractivity contribution < 1.29 is 26.2 Å². The zero-order valence-electron chi connectivity index (χ0n) is 8.65. The predicted octanol–water partition coefficient (Wildman–Crippen LogP) is -0.665. The van der Waals surface area contributed by atoms with Crippen molar-refractivity contribution in [2.45, 2.75) is 12.7 Å². The maximum Gasteiger partial charge on any atom is 0.404 e. The Morgan fingerprint density at radius 3 is 2.56 bits per heavy atom. The summed E-state index contributed by atoms with van der Waals surface area (Å²) in [4.78, 5) is 0. The number of alkyl halides is 3. The van der Waals surface area contributed by atoms with Gasteiger partial charge in [-0.1, -0.05) is 5.16 Å². The number of sulfonamides is 1. The Morgan fingerprint density at radius 1 is 1.44 bits per heavy atom. The molecule has 0 saturated carbocycles. The van der Waals surface area contributed by atoms with E-state index in [2.05, 4.69) is 14.9 Å². The van der Waals surface area contributed by atoms with Crippen molar-refractivity contribution >= 4 is 15.9 Å². The first-order valence-corrected chi connectivity index (χ1v) is 5.96. The normalized spacial score (nSPS) is 12.6. The number of rotatable bonds is 5. The zero-order chi connectivity index (χ0) is 14.0. The Labute approximate surface area is 98.9 Å². The number of hydrogen-bond acceptors (Lipinski definition) is 6. The van der Waals surface area contributed by atoms with Gasteiger partial charge in [0.05, 0.1) is 6.54 Å². The molecule has 0 fully saturated rings. The number of amidine groups is 1. The molecule has 8 nitrogen and oxygen atoms in total. The standard InChI is InChI=1S/C6H8F3N5O3S/c7-6(8,9)2-18(15,16)12-1-3-4(5(10)11)14-17-13-3/h12H,1-2H2,(H3,10,11). The predicted molar refractivity (Wildman–Crippen MR) is 52.0 cm³/mol. The van der Waals surface area contributed by atoms with Gasteiger partial charge in [0.15, 0.2) is 11.4 Å². The lowest BCUT2D eigenvalue weighted by atomic mass is 10.3. The maximum atomic E-state index is 11.9. The highest BCUT2D eigenvalue weighted by atomic mass is 32.2. The number of hydrogen-bond donors (Lipinski definition) is 3. The zero-order valence-corrected chi connectivity index (χ0v) is 9.47. The number of halogens is 3. The van der Waals surface area contributed by atoms with E-state index >= 15 is 0 Å². The van der Waals surface area contributed by atoms with Crippen molar-refractivity contribution in [3.8, 4) is 0 Å². The van der Waals surface area contributed by atoms with E-state index in [9.17, 15) is 21.6 Å². The van der Waals surface area contributed by atoms with E-state index in [4.69, 9.17) is 11.1 Å². The van der Waals surface area contributed by atoms with E-state index in [1.54, 1.807) is 4.72 Å². The molecule has 102 valence electrons. The van der Waals surface area contributed by atoms with Gasteiger partial charge in [0.2, 0.25) is 10.0 Å². The second-order valence-corrected chi connectivity index (χ2v) is 4.98. The van der Waals surface area contributed by atoms with Crippen LogP contribution in [0.4, 0.5) is 13.2 Å². The van der Waals surface area contributed by atoms with Gasteiger partial charge in [0, 0.05) is 0 Å². The number of aromatic nitrogens is 2. The fraction of sp³-hybridized carbons (Fsp3) is 0.500. The number of nitrogens with zero attached hydrogens (tertiary/aromatic N) is 2. The van der Waals surface area contributed by atoms with Gasteiger partial charge >= 0.3 is 6.18 Å². The third kappa shape index (κ3) is 4.29. The number of nitrogens with one attached hydrogen (secondary N) is 2. The topological polar surface area (TPSA) is 135 Å². The van der Waals surface area contributed by atoms with Crippen molar-refractivity contribution in [3.05, 3.63) is 11.4 Å². The molecule has 1 heterocycles. The summed E-state index contributed by atoms with van der Waals surface area (Å²) < 4.78 is 63.6. The molecule has 0 aliphatic carbocycles. The summed E-state index contributed by atoms with van der Waals surface area (Å²) in [5, 5.41) is 13.4. The highest BCUT2D eigenvalue weighted by molar-refractivity contribution is 7.89. The summed E-state index contributed by atoms with van der Waals surface area (Å²) in [6.07, 6.45) is -4.85. The highest BCUT2D eigenvalue weighted by Gasteiger charge is 2.35. The van der Waals surface area contributed by atoms with E-state index in [1.807, 2.05) is 0 Å². The van der Waals surface area contributed by atoms with Gasteiger partial charge in [-0.15, -0.1) is 0 Å².